The Hall–Kier alpha value is -1.30. The minimum Gasteiger partial charge on any atom is -0.454 e. The van der Waals surface area contributed by atoms with Crippen LogP contribution in [-0.2, 0) is 0 Å². The summed E-state index contributed by atoms with van der Waals surface area (Å²) < 4.78 is 10.8. The Morgan fingerprint density at radius 3 is 2.65 bits per heavy atom. The molecule has 2 rings (SSSR count). The quantitative estimate of drug-likeness (QED) is 0.749. The van der Waals surface area contributed by atoms with Crippen molar-refractivity contribution in [3.8, 4) is 11.5 Å². The number of benzene rings is 1. The maximum atomic E-state index is 9.36. The number of nitrogens with one attached hydrogen (secondary N) is 1. The molecular formula is C15H24N2O3. The Kier molecular flexibility index (Phi) is 5.23. The standard InChI is InChI=1S/C15H24N2O3/c1-4-12(9-18)17(3)16-13(5-2)11-6-7-14-15(8-11)20-10-19-14/h6-8,12-13,16,18H,4-5,9-10H2,1-3H3/t12-,13-/m1/s1. The predicted octanol–water partition coefficient (Wildman–Crippen LogP) is 2.07. The molecule has 0 saturated carbocycles. The van der Waals surface area contributed by atoms with Crippen molar-refractivity contribution in [2.24, 2.45) is 0 Å². The molecule has 0 aromatic heterocycles. The molecule has 2 N–H and O–H groups in total. The number of hydrogen-bond donors (Lipinski definition) is 2. The van der Waals surface area contributed by atoms with Crippen molar-refractivity contribution in [3.63, 3.8) is 0 Å². The van der Waals surface area contributed by atoms with E-state index in [1.807, 2.05) is 24.2 Å². The maximum Gasteiger partial charge on any atom is 0.231 e. The van der Waals surface area contributed by atoms with Gasteiger partial charge in [-0.15, -0.1) is 0 Å². The lowest BCUT2D eigenvalue weighted by atomic mass is 10.0. The van der Waals surface area contributed by atoms with Gasteiger partial charge in [0.05, 0.1) is 6.61 Å². The average molecular weight is 280 g/mol. The number of nitrogens with zero attached hydrogens (tertiary/aromatic N) is 1. The smallest absolute Gasteiger partial charge is 0.231 e. The molecule has 5 nitrogen and oxygen atoms in total. The van der Waals surface area contributed by atoms with E-state index in [1.54, 1.807) is 0 Å². The lowest BCUT2D eigenvalue weighted by Gasteiger charge is -2.30. The zero-order valence-corrected chi connectivity index (χ0v) is 12.4. The number of likely N-dealkylation sites (N-methyl/N-ethyl adjacent to an activating group) is 1. The van der Waals surface area contributed by atoms with Crippen LogP contribution in [0.25, 0.3) is 0 Å². The molecular weight excluding hydrogens is 256 g/mol. The fraction of sp³-hybridized carbons (Fsp3) is 0.600. The summed E-state index contributed by atoms with van der Waals surface area (Å²) in [6.07, 6.45) is 1.85. The number of hydrogen-bond acceptors (Lipinski definition) is 5. The Balaban J connectivity index is 2.08. The van der Waals surface area contributed by atoms with Crippen molar-refractivity contribution >= 4 is 0 Å². The van der Waals surface area contributed by atoms with Crippen LogP contribution < -0.4 is 14.9 Å². The SMILES string of the molecule is CC[C@H](CO)N(C)N[C@H](CC)c1ccc2c(c1)OCO2. The minimum absolute atomic E-state index is 0.123. The fourth-order valence-electron chi connectivity index (χ4n) is 2.41. The van der Waals surface area contributed by atoms with Crippen LogP contribution in [0.5, 0.6) is 11.5 Å². The second-order valence-corrected chi connectivity index (χ2v) is 5.06. The van der Waals surface area contributed by atoms with E-state index in [-0.39, 0.29) is 18.7 Å². The molecule has 0 saturated heterocycles. The molecule has 1 aliphatic rings. The molecule has 1 aliphatic heterocycles. The van der Waals surface area contributed by atoms with Crippen LogP contribution in [0.2, 0.25) is 0 Å². The van der Waals surface area contributed by atoms with Crippen molar-refractivity contribution < 1.29 is 14.6 Å². The third kappa shape index (κ3) is 3.23. The summed E-state index contributed by atoms with van der Waals surface area (Å²) in [5.74, 6) is 1.61. The summed E-state index contributed by atoms with van der Waals surface area (Å²) in [6.45, 7) is 4.65. The van der Waals surface area contributed by atoms with E-state index in [0.29, 0.717) is 6.79 Å². The van der Waals surface area contributed by atoms with Gasteiger partial charge in [0, 0.05) is 19.1 Å². The van der Waals surface area contributed by atoms with Gasteiger partial charge in [-0.3, -0.25) is 0 Å². The fourth-order valence-corrected chi connectivity index (χ4v) is 2.41. The number of fused-ring (bicyclic) bond motifs is 1. The van der Waals surface area contributed by atoms with Gasteiger partial charge in [0.2, 0.25) is 6.79 Å². The third-order valence-corrected chi connectivity index (χ3v) is 3.80. The molecule has 1 aromatic rings. The van der Waals surface area contributed by atoms with E-state index in [0.717, 1.165) is 29.9 Å². The number of rotatable bonds is 7. The second kappa shape index (κ2) is 6.92. The number of hydrazine groups is 1. The summed E-state index contributed by atoms with van der Waals surface area (Å²) in [6, 6.07) is 6.35. The summed E-state index contributed by atoms with van der Waals surface area (Å²) in [5.41, 5.74) is 4.62. The summed E-state index contributed by atoms with van der Waals surface area (Å²) in [4.78, 5) is 0. The van der Waals surface area contributed by atoms with E-state index in [1.165, 1.54) is 0 Å². The first kappa shape index (κ1) is 15.1. The largest absolute Gasteiger partial charge is 0.454 e. The van der Waals surface area contributed by atoms with E-state index in [9.17, 15) is 5.11 Å². The van der Waals surface area contributed by atoms with E-state index >= 15 is 0 Å². The lowest BCUT2D eigenvalue weighted by molar-refractivity contribution is 0.0816. The molecule has 5 heteroatoms. The van der Waals surface area contributed by atoms with Crippen molar-refractivity contribution in [2.45, 2.75) is 38.8 Å². The highest BCUT2D eigenvalue weighted by molar-refractivity contribution is 5.45. The van der Waals surface area contributed by atoms with Crippen LogP contribution >= 0.6 is 0 Å². The van der Waals surface area contributed by atoms with E-state index in [4.69, 9.17) is 9.47 Å². The van der Waals surface area contributed by atoms with Crippen LogP contribution in [-0.4, -0.2) is 36.6 Å². The molecule has 1 heterocycles. The van der Waals surface area contributed by atoms with Gasteiger partial charge in [0.25, 0.3) is 0 Å². The van der Waals surface area contributed by atoms with Gasteiger partial charge in [0.15, 0.2) is 11.5 Å². The first-order chi connectivity index (χ1) is 9.69. The average Bonchev–Trinajstić information content (AvgIpc) is 2.93. The van der Waals surface area contributed by atoms with Crippen molar-refractivity contribution in [1.29, 1.82) is 0 Å². The Morgan fingerprint density at radius 2 is 2.00 bits per heavy atom. The van der Waals surface area contributed by atoms with E-state index in [2.05, 4.69) is 25.3 Å². The third-order valence-electron chi connectivity index (χ3n) is 3.80. The van der Waals surface area contributed by atoms with Gasteiger partial charge >= 0.3 is 0 Å². The minimum atomic E-state index is 0.123. The van der Waals surface area contributed by atoms with Crippen LogP contribution in [0.4, 0.5) is 0 Å². The molecule has 20 heavy (non-hydrogen) atoms. The Bertz CT molecular complexity index is 435. The molecule has 1 aromatic carbocycles. The molecule has 0 radical (unpaired) electrons. The molecule has 112 valence electrons. The highest BCUT2D eigenvalue weighted by atomic mass is 16.7. The molecule has 0 amide bonds. The topological polar surface area (TPSA) is 54.0 Å². The van der Waals surface area contributed by atoms with Crippen LogP contribution in [0.15, 0.2) is 18.2 Å². The summed E-state index contributed by atoms with van der Waals surface area (Å²) in [7, 11) is 1.97. The van der Waals surface area contributed by atoms with Crippen molar-refractivity contribution in [2.75, 3.05) is 20.4 Å². The predicted molar refractivity (Wildman–Crippen MR) is 77.7 cm³/mol. The highest BCUT2D eigenvalue weighted by Crippen LogP contribution is 2.34. The molecule has 0 aliphatic carbocycles. The first-order valence-electron chi connectivity index (χ1n) is 7.19. The van der Waals surface area contributed by atoms with Crippen LogP contribution in [0.3, 0.4) is 0 Å². The van der Waals surface area contributed by atoms with Gasteiger partial charge in [-0.05, 0) is 30.5 Å². The normalized spacial score (nSPS) is 16.4. The monoisotopic (exact) mass is 280 g/mol. The zero-order chi connectivity index (χ0) is 14.5. The summed E-state index contributed by atoms with van der Waals surface area (Å²) >= 11 is 0. The maximum absolute atomic E-state index is 9.36. The molecule has 2 atom stereocenters. The van der Waals surface area contributed by atoms with Gasteiger partial charge < -0.3 is 14.6 Å². The number of aliphatic hydroxyl groups is 1. The van der Waals surface area contributed by atoms with Crippen LogP contribution in [0.1, 0.15) is 38.3 Å². The lowest BCUT2D eigenvalue weighted by Crippen LogP contribution is -2.45. The van der Waals surface area contributed by atoms with Crippen molar-refractivity contribution in [3.05, 3.63) is 23.8 Å². The number of ether oxygens (including phenoxy) is 2. The van der Waals surface area contributed by atoms with Crippen LogP contribution in [0, 0.1) is 0 Å². The van der Waals surface area contributed by atoms with E-state index < -0.39 is 0 Å². The number of aliphatic hydroxyl groups excluding tert-OH is 1. The molecule has 0 fully saturated rings. The highest BCUT2D eigenvalue weighted by Gasteiger charge is 2.20. The molecule has 0 unspecified atom stereocenters. The van der Waals surface area contributed by atoms with Gasteiger partial charge in [0.1, 0.15) is 0 Å². The van der Waals surface area contributed by atoms with Gasteiger partial charge in [-0.25, -0.2) is 10.4 Å². The molecule has 0 spiro atoms. The van der Waals surface area contributed by atoms with Crippen molar-refractivity contribution in [1.82, 2.24) is 10.4 Å². The second-order valence-electron chi connectivity index (χ2n) is 5.06. The van der Waals surface area contributed by atoms with Gasteiger partial charge in [-0.1, -0.05) is 19.9 Å². The Morgan fingerprint density at radius 1 is 1.25 bits per heavy atom. The first-order valence-corrected chi connectivity index (χ1v) is 7.19. The summed E-state index contributed by atoms with van der Waals surface area (Å²) in [5, 5.41) is 11.4. The molecule has 0 bridgehead atoms. The zero-order valence-electron chi connectivity index (χ0n) is 12.4. The Labute approximate surface area is 120 Å². The van der Waals surface area contributed by atoms with Gasteiger partial charge in [-0.2, -0.15) is 0 Å².